The van der Waals surface area contributed by atoms with Crippen molar-refractivity contribution in [1.82, 2.24) is 4.72 Å². The van der Waals surface area contributed by atoms with E-state index in [1.54, 1.807) is 19.9 Å². The SMILES string of the molecule is CCOc1ccc(S(=O)(=O)NC(C)(C)CN)cc1Br. The van der Waals surface area contributed by atoms with Gasteiger partial charge in [-0.05, 0) is 54.9 Å². The van der Waals surface area contributed by atoms with Crippen molar-refractivity contribution in [2.24, 2.45) is 5.73 Å². The predicted octanol–water partition coefficient (Wildman–Crippen LogP) is 1.86. The van der Waals surface area contributed by atoms with Crippen LogP contribution in [0.5, 0.6) is 5.75 Å². The normalized spacial score (nSPS) is 12.5. The van der Waals surface area contributed by atoms with E-state index in [1.807, 2.05) is 6.92 Å². The van der Waals surface area contributed by atoms with E-state index in [1.165, 1.54) is 12.1 Å². The van der Waals surface area contributed by atoms with E-state index < -0.39 is 15.6 Å². The summed E-state index contributed by atoms with van der Waals surface area (Å²) in [5.41, 5.74) is 4.84. The first-order valence-corrected chi connectivity index (χ1v) is 8.16. The molecule has 0 saturated heterocycles. The largest absolute Gasteiger partial charge is 0.493 e. The summed E-state index contributed by atoms with van der Waals surface area (Å²) in [5.74, 6) is 0.611. The number of halogens is 1. The average Bonchev–Trinajstić information content (AvgIpc) is 2.30. The summed E-state index contributed by atoms with van der Waals surface area (Å²) >= 11 is 3.30. The summed E-state index contributed by atoms with van der Waals surface area (Å²) in [6.07, 6.45) is 0. The van der Waals surface area contributed by atoms with Crippen LogP contribution in [0.2, 0.25) is 0 Å². The fourth-order valence-corrected chi connectivity index (χ4v) is 3.48. The first-order valence-electron chi connectivity index (χ1n) is 5.88. The second-order valence-corrected chi connectivity index (χ2v) is 7.26. The van der Waals surface area contributed by atoms with Crippen molar-refractivity contribution in [2.45, 2.75) is 31.2 Å². The summed E-state index contributed by atoms with van der Waals surface area (Å²) in [4.78, 5) is 0.171. The van der Waals surface area contributed by atoms with Crippen molar-refractivity contribution in [3.05, 3.63) is 22.7 Å². The number of rotatable bonds is 6. The van der Waals surface area contributed by atoms with Gasteiger partial charge >= 0.3 is 0 Å². The van der Waals surface area contributed by atoms with Crippen LogP contribution in [0.25, 0.3) is 0 Å². The Balaban J connectivity index is 3.06. The summed E-state index contributed by atoms with van der Waals surface area (Å²) in [6, 6.07) is 4.64. The Labute approximate surface area is 122 Å². The van der Waals surface area contributed by atoms with Crippen molar-refractivity contribution in [3.63, 3.8) is 0 Å². The second kappa shape index (κ2) is 6.21. The molecule has 5 nitrogen and oxygen atoms in total. The zero-order valence-corrected chi connectivity index (χ0v) is 13.6. The van der Waals surface area contributed by atoms with Gasteiger partial charge in [0.1, 0.15) is 5.75 Å². The van der Waals surface area contributed by atoms with Gasteiger partial charge in [-0.3, -0.25) is 0 Å². The molecule has 19 heavy (non-hydrogen) atoms. The standard InChI is InChI=1S/C12H19BrN2O3S/c1-4-18-11-6-5-9(7-10(11)13)19(16,17)15-12(2,3)8-14/h5-7,15H,4,8,14H2,1-3H3. The number of sulfonamides is 1. The minimum Gasteiger partial charge on any atom is -0.493 e. The second-order valence-electron chi connectivity index (χ2n) is 4.72. The van der Waals surface area contributed by atoms with Gasteiger partial charge in [-0.25, -0.2) is 13.1 Å². The first-order chi connectivity index (χ1) is 8.72. The lowest BCUT2D eigenvalue weighted by molar-refractivity contribution is 0.338. The number of hydrogen-bond acceptors (Lipinski definition) is 4. The molecule has 0 bridgehead atoms. The molecule has 1 rings (SSSR count). The van der Waals surface area contributed by atoms with Crippen molar-refractivity contribution in [2.75, 3.05) is 13.2 Å². The Morgan fingerprint density at radius 3 is 2.53 bits per heavy atom. The van der Waals surface area contributed by atoms with Crippen LogP contribution in [0.1, 0.15) is 20.8 Å². The molecule has 0 aliphatic carbocycles. The number of hydrogen-bond donors (Lipinski definition) is 2. The molecule has 0 aliphatic heterocycles. The maximum absolute atomic E-state index is 12.2. The Bertz CT molecular complexity index is 544. The average molecular weight is 351 g/mol. The molecule has 3 N–H and O–H groups in total. The zero-order chi connectivity index (χ0) is 14.7. The third kappa shape index (κ3) is 4.45. The lowest BCUT2D eigenvalue weighted by atomic mass is 10.1. The Morgan fingerprint density at radius 2 is 2.05 bits per heavy atom. The van der Waals surface area contributed by atoms with Gasteiger partial charge < -0.3 is 10.5 Å². The van der Waals surface area contributed by atoms with Crippen LogP contribution in [0.15, 0.2) is 27.6 Å². The van der Waals surface area contributed by atoms with E-state index in [4.69, 9.17) is 10.5 Å². The molecule has 0 radical (unpaired) electrons. The fourth-order valence-electron chi connectivity index (χ4n) is 1.39. The molecule has 0 unspecified atom stereocenters. The quantitative estimate of drug-likeness (QED) is 0.820. The molecule has 0 spiro atoms. The highest BCUT2D eigenvalue weighted by Crippen LogP contribution is 2.28. The summed E-state index contributed by atoms with van der Waals surface area (Å²) in [6.45, 7) is 6.05. The molecule has 0 atom stereocenters. The molecule has 108 valence electrons. The molecule has 7 heteroatoms. The highest BCUT2D eigenvalue weighted by molar-refractivity contribution is 9.10. The molecular weight excluding hydrogens is 332 g/mol. The van der Waals surface area contributed by atoms with Gasteiger partial charge in [-0.2, -0.15) is 0 Å². The molecular formula is C12H19BrN2O3S. The predicted molar refractivity (Wildman–Crippen MR) is 78.8 cm³/mol. The van der Waals surface area contributed by atoms with Crippen LogP contribution in [0.4, 0.5) is 0 Å². The van der Waals surface area contributed by atoms with Crippen LogP contribution in [-0.4, -0.2) is 27.1 Å². The van der Waals surface area contributed by atoms with E-state index in [0.29, 0.717) is 16.8 Å². The number of nitrogens with one attached hydrogen (secondary N) is 1. The molecule has 0 aromatic heterocycles. The Kier molecular flexibility index (Phi) is 5.37. The molecule has 0 aliphatic rings. The van der Waals surface area contributed by atoms with Gasteiger partial charge in [0.15, 0.2) is 0 Å². The zero-order valence-electron chi connectivity index (χ0n) is 11.2. The first kappa shape index (κ1) is 16.4. The lowest BCUT2D eigenvalue weighted by Gasteiger charge is -2.24. The Hall–Kier alpha value is -0.630. The number of benzene rings is 1. The molecule has 0 heterocycles. The van der Waals surface area contributed by atoms with Gasteiger partial charge in [0, 0.05) is 12.1 Å². The lowest BCUT2D eigenvalue weighted by Crippen LogP contribution is -2.48. The monoisotopic (exact) mass is 350 g/mol. The minimum absolute atomic E-state index is 0.171. The molecule has 0 saturated carbocycles. The third-order valence-corrected chi connectivity index (χ3v) is 4.75. The maximum atomic E-state index is 12.2. The van der Waals surface area contributed by atoms with Crippen LogP contribution in [0, 0.1) is 0 Å². The van der Waals surface area contributed by atoms with E-state index >= 15 is 0 Å². The highest BCUT2D eigenvalue weighted by Gasteiger charge is 2.25. The van der Waals surface area contributed by atoms with Gasteiger partial charge in [0.05, 0.1) is 16.0 Å². The smallest absolute Gasteiger partial charge is 0.241 e. The summed E-state index contributed by atoms with van der Waals surface area (Å²) in [5, 5.41) is 0. The summed E-state index contributed by atoms with van der Waals surface area (Å²) < 4.78 is 32.9. The van der Waals surface area contributed by atoms with Crippen molar-refractivity contribution in [3.8, 4) is 5.75 Å². The third-order valence-electron chi connectivity index (χ3n) is 2.43. The van der Waals surface area contributed by atoms with E-state index in [0.717, 1.165) is 0 Å². The fraction of sp³-hybridized carbons (Fsp3) is 0.500. The Morgan fingerprint density at radius 1 is 1.42 bits per heavy atom. The maximum Gasteiger partial charge on any atom is 0.241 e. The van der Waals surface area contributed by atoms with Crippen LogP contribution >= 0.6 is 15.9 Å². The number of nitrogens with two attached hydrogens (primary N) is 1. The van der Waals surface area contributed by atoms with E-state index in [2.05, 4.69) is 20.7 Å². The van der Waals surface area contributed by atoms with Crippen molar-refractivity contribution < 1.29 is 13.2 Å². The molecule has 1 aromatic rings. The van der Waals surface area contributed by atoms with Crippen LogP contribution in [-0.2, 0) is 10.0 Å². The van der Waals surface area contributed by atoms with Crippen molar-refractivity contribution >= 4 is 26.0 Å². The topological polar surface area (TPSA) is 81.4 Å². The van der Waals surface area contributed by atoms with Crippen LogP contribution in [0.3, 0.4) is 0 Å². The molecule has 0 amide bonds. The highest BCUT2D eigenvalue weighted by atomic mass is 79.9. The number of ether oxygens (including phenoxy) is 1. The molecule has 1 aromatic carbocycles. The van der Waals surface area contributed by atoms with E-state index in [9.17, 15) is 8.42 Å². The van der Waals surface area contributed by atoms with Gasteiger partial charge in [0.2, 0.25) is 10.0 Å². The summed E-state index contributed by atoms with van der Waals surface area (Å²) in [7, 11) is -3.60. The van der Waals surface area contributed by atoms with E-state index in [-0.39, 0.29) is 11.4 Å². The van der Waals surface area contributed by atoms with Crippen molar-refractivity contribution in [1.29, 1.82) is 0 Å². The minimum atomic E-state index is -3.60. The van der Waals surface area contributed by atoms with Gasteiger partial charge in [-0.15, -0.1) is 0 Å². The van der Waals surface area contributed by atoms with Gasteiger partial charge in [0.25, 0.3) is 0 Å². The van der Waals surface area contributed by atoms with Crippen LogP contribution < -0.4 is 15.2 Å². The van der Waals surface area contributed by atoms with Gasteiger partial charge in [-0.1, -0.05) is 0 Å². The molecule has 0 fully saturated rings.